The lowest BCUT2D eigenvalue weighted by Crippen LogP contribution is -2.44. The molecule has 9 heteroatoms. The van der Waals surface area contributed by atoms with Crippen molar-refractivity contribution in [1.29, 1.82) is 0 Å². The zero-order valence-corrected chi connectivity index (χ0v) is 17.3. The van der Waals surface area contributed by atoms with Crippen molar-refractivity contribution >= 4 is 34.5 Å². The molecule has 0 saturated carbocycles. The molecule has 1 heterocycles. The third kappa shape index (κ3) is 4.99. The van der Waals surface area contributed by atoms with Crippen molar-refractivity contribution in [2.45, 2.75) is 33.2 Å². The van der Waals surface area contributed by atoms with Gasteiger partial charge in [0.1, 0.15) is 5.82 Å². The van der Waals surface area contributed by atoms with Crippen LogP contribution in [0.15, 0.2) is 33.9 Å². The highest BCUT2D eigenvalue weighted by Crippen LogP contribution is 2.19. The normalized spacial score (nSPS) is 10.7. The second-order valence-corrected chi connectivity index (χ2v) is 6.66. The Morgan fingerprint density at radius 1 is 1.29 bits per heavy atom. The molecule has 1 aromatic carbocycles. The van der Waals surface area contributed by atoms with Gasteiger partial charge in [0.15, 0.2) is 10.8 Å². The number of nitrogens with zero attached hydrogens (tertiary/aromatic N) is 2. The van der Waals surface area contributed by atoms with E-state index in [1.54, 1.807) is 12.0 Å². The van der Waals surface area contributed by atoms with E-state index < -0.39 is 11.2 Å². The summed E-state index contributed by atoms with van der Waals surface area (Å²) in [4.78, 5) is 28.5. The molecule has 0 atom stereocenters. The molecule has 0 fully saturated rings. The van der Waals surface area contributed by atoms with E-state index in [0.29, 0.717) is 31.2 Å². The lowest BCUT2D eigenvalue weighted by molar-refractivity contribution is 0.208. The second-order valence-electron chi connectivity index (χ2n) is 6.27. The van der Waals surface area contributed by atoms with Crippen molar-refractivity contribution in [3.05, 3.63) is 50.7 Å². The van der Waals surface area contributed by atoms with Crippen molar-refractivity contribution in [3.8, 4) is 0 Å². The summed E-state index contributed by atoms with van der Waals surface area (Å²) < 4.78 is 6.50. The summed E-state index contributed by atoms with van der Waals surface area (Å²) in [5.74, 6) is 0.0807. The van der Waals surface area contributed by atoms with Crippen LogP contribution < -0.4 is 27.2 Å². The maximum Gasteiger partial charge on any atom is 0.330 e. The van der Waals surface area contributed by atoms with E-state index in [-0.39, 0.29) is 11.5 Å². The van der Waals surface area contributed by atoms with Gasteiger partial charge in [-0.25, -0.2) is 4.79 Å². The van der Waals surface area contributed by atoms with E-state index >= 15 is 0 Å². The molecule has 1 aromatic heterocycles. The Bertz CT molecular complexity index is 921. The molecule has 0 unspecified atom stereocenters. The third-order valence-corrected chi connectivity index (χ3v) is 4.63. The van der Waals surface area contributed by atoms with Gasteiger partial charge in [0.2, 0.25) is 0 Å². The second kappa shape index (κ2) is 10.0. The fourth-order valence-corrected chi connectivity index (χ4v) is 3.10. The lowest BCUT2D eigenvalue weighted by Gasteiger charge is -2.27. The topological polar surface area (TPSA) is 105 Å². The zero-order valence-electron chi connectivity index (χ0n) is 16.4. The molecular formula is C19H27N5O3S. The largest absolute Gasteiger partial charge is 0.383 e. The van der Waals surface area contributed by atoms with Crippen molar-refractivity contribution in [2.24, 2.45) is 0 Å². The van der Waals surface area contributed by atoms with Crippen LogP contribution in [-0.2, 0) is 17.7 Å². The van der Waals surface area contributed by atoms with Crippen LogP contribution in [0, 0.1) is 0 Å². The van der Waals surface area contributed by atoms with Crippen molar-refractivity contribution in [1.82, 2.24) is 9.55 Å². The summed E-state index contributed by atoms with van der Waals surface area (Å²) in [6, 6.07) is 7.86. The number of nitrogen functional groups attached to an aromatic ring is 1. The number of rotatable bonds is 8. The number of hydrogen-bond donors (Lipinski definition) is 3. The fourth-order valence-electron chi connectivity index (χ4n) is 2.80. The number of aromatic amines is 1. The molecule has 0 aliphatic rings. The van der Waals surface area contributed by atoms with Crippen LogP contribution in [0.5, 0.6) is 0 Å². The van der Waals surface area contributed by atoms with Crippen LogP contribution in [0.4, 0.5) is 17.2 Å². The Morgan fingerprint density at radius 2 is 1.96 bits per heavy atom. The molecule has 2 aromatic rings. The molecule has 0 bridgehead atoms. The predicted molar refractivity (Wildman–Crippen MR) is 117 cm³/mol. The number of ether oxygens (including phenoxy) is 1. The van der Waals surface area contributed by atoms with Gasteiger partial charge in [-0.1, -0.05) is 26.0 Å². The summed E-state index contributed by atoms with van der Waals surface area (Å²) in [5, 5.41) is 3.42. The van der Waals surface area contributed by atoms with E-state index in [1.165, 1.54) is 10.1 Å². The Labute approximate surface area is 169 Å². The minimum absolute atomic E-state index is 0.0807. The molecule has 0 spiro atoms. The Balaban J connectivity index is 2.42. The number of benzene rings is 1. The first-order chi connectivity index (χ1) is 13.4. The van der Waals surface area contributed by atoms with E-state index in [4.69, 9.17) is 22.7 Å². The van der Waals surface area contributed by atoms with Gasteiger partial charge >= 0.3 is 5.69 Å². The fraction of sp³-hybridized carbons (Fsp3) is 0.421. The van der Waals surface area contributed by atoms with Gasteiger partial charge < -0.3 is 20.7 Å². The van der Waals surface area contributed by atoms with Gasteiger partial charge in [0.25, 0.3) is 5.56 Å². The first kappa shape index (κ1) is 21.6. The highest BCUT2D eigenvalue weighted by atomic mass is 32.1. The van der Waals surface area contributed by atoms with Crippen molar-refractivity contribution in [3.63, 3.8) is 0 Å². The number of H-pyrrole nitrogens is 1. The summed E-state index contributed by atoms with van der Waals surface area (Å²) >= 11 is 5.54. The van der Waals surface area contributed by atoms with Crippen LogP contribution in [0.2, 0.25) is 0 Å². The molecule has 0 aliphatic carbocycles. The van der Waals surface area contributed by atoms with Crippen molar-refractivity contribution < 1.29 is 4.74 Å². The van der Waals surface area contributed by atoms with Crippen molar-refractivity contribution in [2.75, 3.05) is 36.2 Å². The summed E-state index contributed by atoms with van der Waals surface area (Å²) in [6.45, 7) is 5.02. The number of aryl methyl sites for hydroxylation is 1. The van der Waals surface area contributed by atoms with Crippen LogP contribution in [-0.4, -0.2) is 34.9 Å². The highest BCUT2D eigenvalue weighted by Gasteiger charge is 2.22. The van der Waals surface area contributed by atoms with Gasteiger partial charge in [-0.3, -0.25) is 14.3 Å². The minimum atomic E-state index is -0.587. The number of nitrogens with one attached hydrogen (secondary N) is 2. The molecule has 0 amide bonds. The average Bonchev–Trinajstić information content (AvgIpc) is 2.68. The van der Waals surface area contributed by atoms with Crippen LogP contribution in [0.25, 0.3) is 0 Å². The molecule has 8 nitrogen and oxygen atoms in total. The van der Waals surface area contributed by atoms with E-state index in [1.807, 2.05) is 31.2 Å². The maximum atomic E-state index is 12.5. The highest BCUT2D eigenvalue weighted by molar-refractivity contribution is 7.80. The summed E-state index contributed by atoms with van der Waals surface area (Å²) in [5.41, 5.74) is 7.20. The molecular weight excluding hydrogens is 378 g/mol. The van der Waals surface area contributed by atoms with Gasteiger partial charge in [-0.15, -0.1) is 0 Å². The smallest absolute Gasteiger partial charge is 0.330 e. The predicted octanol–water partition coefficient (Wildman–Crippen LogP) is 1.94. The first-order valence-corrected chi connectivity index (χ1v) is 9.62. The van der Waals surface area contributed by atoms with Crippen LogP contribution in [0.1, 0.15) is 25.8 Å². The SMILES string of the molecule is CCCn1c(N)c(N(CCOC)C(=S)Nc2ccc(CC)cc2)c(=O)[nH]c1=O. The molecule has 0 aliphatic heterocycles. The van der Waals surface area contributed by atoms with E-state index in [9.17, 15) is 9.59 Å². The van der Waals surface area contributed by atoms with E-state index in [2.05, 4.69) is 17.2 Å². The molecule has 0 saturated heterocycles. The monoisotopic (exact) mass is 405 g/mol. The molecule has 4 N–H and O–H groups in total. The van der Waals surface area contributed by atoms with Crippen LogP contribution in [0.3, 0.4) is 0 Å². The van der Waals surface area contributed by atoms with E-state index in [0.717, 1.165) is 12.1 Å². The molecule has 28 heavy (non-hydrogen) atoms. The lowest BCUT2D eigenvalue weighted by atomic mass is 10.1. The van der Waals surface area contributed by atoms with Gasteiger partial charge in [0.05, 0.1) is 6.61 Å². The number of hydrogen-bond acceptors (Lipinski definition) is 5. The molecule has 152 valence electrons. The zero-order chi connectivity index (χ0) is 20.7. The quantitative estimate of drug-likeness (QED) is 0.576. The Kier molecular flexibility index (Phi) is 7.77. The number of anilines is 3. The standard InChI is InChI=1S/C19H27N5O3S/c1-4-10-24-16(20)15(17(25)22-18(24)26)23(11-12-27-3)19(28)21-14-8-6-13(5-2)7-9-14/h6-9H,4-5,10-12,20H2,1-3H3,(H,21,28)(H,22,25,26). The van der Waals surface area contributed by atoms with Gasteiger partial charge in [-0.2, -0.15) is 0 Å². The maximum absolute atomic E-state index is 12.5. The van der Waals surface area contributed by atoms with Crippen LogP contribution >= 0.6 is 12.2 Å². The summed E-state index contributed by atoms with van der Waals surface area (Å²) in [7, 11) is 1.56. The number of methoxy groups -OCH3 is 1. The Morgan fingerprint density at radius 3 is 2.54 bits per heavy atom. The van der Waals surface area contributed by atoms with Gasteiger partial charge in [0, 0.05) is 25.9 Å². The number of aromatic nitrogens is 2. The average molecular weight is 406 g/mol. The Hall–Kier alpha value is -2.65. The minimum Gasteiger partial charge on any atom is -0.383 e. The van der Waals surface area contributed by atoms with Gasteiger partial charge in [-0.05, 0) is 42.8 Å². The number of nitrogens with two attached hydrogens (primary N) is 1. The number of thiocarbonyl (C=S) groups is 1. The molecule has 0 radical (unpaired) electrons. The third-order valence-electron chi connectivity index (χ3n) is 4.31. The first-order valence-electron chi connectivity index (χ1n) is 9.21. The summed E-state index contributed by atoms with van der Waals surface area (Å²) in [6.07, 6.45) is 1.63. The molecule has 2 rings (SSSR count).